The summed E-state index contributed by atoms with van der Waals surface area (Å²) in [5, 5.41) is 8.52. The van der Waals surface area contributed by atoms with Crippen LogP contribution < -0.4 is 4.90 Å². The van der Waals surface area contributed by atoms with Crippen molar-refractivity contribution in [3.63, 3.8) is 0 Å². The van der Waals surface area contributed by atoms with Gasteiger partial charge < -0.3 is 9.84 Å². The number of hydrogen-bond donors (Lipinski definition) is 1. The van der Waals surface area contributed by atoms with Gasteiger partial charge in [0, 0.05) is 12.7 Å². The highest BCUT2D eigenvalue weighted by Crippen LogP contribution is 2.14. The summed E-state index contributed by atoms with van der Waals surface area (Å²) in [4.78, 5) is 12.8. The first kappa shape index (κ1) is 11.5. The lowest BCUT2D eigenvalue weighted by atomic mass is 10.2. The number of anilines is 1. The van der Waals surface area contributed by atoms with Crippen LogP contribution in [-0.4, -0.2) is 31.5 Å². The fraction of sp³-hybridized carbons (Fsp3) is 0.364. The number of carbonyl (C=O) groups excluding carboxylic acids is 1. The molecule has 0 aliphatic rings. The standard InChI is InChI=1S/C11H15NO3/c1-9-4-3-5-10(8-9)12(2)11(14)15-7-6-13/h3-5,8,13H,6-7H2,1-2H3. The molecule has 0 spiro atoms. The Morgan fingerprint density at radius 2 is 2.27 bits per heavy atom. The number of rotatable bonds is 3. The van der Waals surface area contributed by atoms with E-state index >= 15 is 0 Å². The molecule has 4 heteroatoms. The van der Waals surface area contributed by atoms with Crippen LogP contribution in [0.5, 0.6) is 0 Å². The van der Waals surface area contributed by atoms with E-state index in [-0.39, 0.29) is 13.2 Å². The Morgan fingerprint density at radius 1 is 1.53 bits per heavy atom. The van der Waals surface area contributed by atoms with Gasteiger partial charge in [0.25, 0.3) is 0 Å². The summed E-state index contributed by atoms with van der Waals surface area (Å²) < 4.78 is 4.78. The molecule has 1 rings (SSSR count). The van der Waals surface area contributed by atoms with Gasteiger partial charge in [0.05, 0.1) is 6.61 Å². The van der Waals surface area contributed by atoms with Gasteiger partial charge in [-0.2, -0.15) is 0 Å². The number of hydrogen-bond acceptors (Lipinski definition) is 3. The lowest BCUT2D eigenvalue weighted by Crippen LogP contribution is -2.27. The summed E-state index contributed by atoms with van der Waals surface area (Å²) in [5.74, 6) is 0. The predicted octanol–water partition coefficient (Wildman–Crippen LogP) is 1.56. The summed E-state index contributed by atoms with van der Waals surface area (Å²) in [6.45, 7) is 1.82. The minimum Gasteiger partial charge on any atom is -0.447 e. The van der Waals surface area contributed by atoms with Crippen LogP contribution in [0.2, 0.25) is 0 Å². The molecule has 1 aromatic carbocycles. The Morgan fingerprint density at radius 3 is 2.87 bits per heavy atom. The van der Waals surface area contributed by atoms with Gasteiger partial charge in [-0.1, -0.05) is 12.1 Å². The van der Waals surface area contributed by atoms with Crippen molar-refractivity contribution in [3.8, 4) is 0 Å². The van der Waals surface area contributed by atoms with E-state index in [0.29, 0.717) is 0 Å². The molecule has 0 bridgehead atoms. The number of aliphatic hydroxyl groups excluding tert-OH is 1. The molecule has 0 atom stereocenters. The second kappa shape index (κ2) is 5.36. The Kier molecular flexibility index (Phi) is 4.12. The van der Waals surface area contributed by atoms with Gasteiger partial charge in [0.1, 0.15) is 6.61 Å². The molecule has 15 heavy (non-hydrogen) atoms. The van der Waals surface area contributed by atoms with Crippen molar-refractivity contribution in [1.82, 2.24) is 0 Å². The molecule has 0 aliphatic heterocycles. The fourth-order valence-electron chi connectivity index (χ4n) is 1.17. The summed E-state index contributed by atoms with van der Waals surface area (Å²) in [5.41, 5.74) is 1.85. The van der Waals surface area contributed by atoms with Crippen molar-refractivity contribution < 1.29 is 14.6 Å². The van der Waals surface area contributed by atoms with Crippen molar-refractivity contribution in [2.45, 2.75) is 6.92 Å². The van der Waals surface area contributed by atoms with E-state index in [1.165, 1.54) is 4.90 Å². The summed E-state index contributed by atoms with van der Waals surface area (Å²) in [6.07, 6.45) is -0.463. The third kappa shape index (κ3) is 3.25. The first-order chi connectivity index (χ1) is 7.15. The molecule has 82 valence electrons. The maximum Gasteiger partial charge on any atom is 0.414 e. The van der Waals surface area contributed by atoms with E-state index in [4.69, 9.17) is 9.84 Å². The third-order valence-corrected chi connectivity index (χ3v) is 1.98. The molecular weight excluding hydrogens is 194 g/mol. The molecule has 1 aromatic rings. The number of aliphatic hydroxyl groups is 1. The van der Waals surface area contributed by atoms with Gasteiger partial charge in [-0.15, -0.1) is 0 Å². The minimum absolute atomic E-state index is 0.0228. The average Bonchev–Trinajstić information content (AvgIpc) is 2.24. The third-order valence-electron chi connectivity index (χ3n) is 1.98. The van der Waals surface area contributed by atoms with Crippen LogP contribution >= 0.6 is 0 Å². The highest BCUT2D eigenvalue weighted by atomic mass is 16.6. The lowest BCUT2D eigenvalue weighted by molar-refractivity contribution is 0.126. The van der Waals surface area contributed by atoms with E-state index < -0.39 is 6.09 Å². The molecule has 0 aliphatic carbocycles. The van der Waals surface area contributed by atoms with Gasteiger partial charge in [0.2, 0.25) is 0 Å². The van der Waals surface area contributed by atoms with Gasteiger partial charge in [0.15, 0.2) is 0 Å². The Hall–Kier alpha value is -1.55. The number of ether oxygens (including phenoxy) is 1. The largest absolute Gasteiger partial charge is 0.447 e. The number of nitrogens with zero attached hydrogens (tertiary/aromatic N) is 1. The molecule has 0 unspecified atom stereocenters. The van der Waals surface area contributed by atoms with Crippen LogP contribution in [0.25, 0.3) is 0 Å². The van der Waals surface area contributed by atoms with Crippen molar-refractivity contribution >= 4 is 11.8 Å². The van der Waals surface area contributed by atoms with Gasteiger partial charge in [-0.25, -0.2) is 4.79 Å². The van der Waals surface area contributed by atoms with Crippen LogP contribution in [0.3, 0.4) is 0 Å². The summed E-state index contributed by atoms with van der Waals surface area (Å²) >= 11 is 0. The monoisotopic (exact) mass is 209 g/mol. The molecule has 0 heterocycles. The van der Waals surface area contributed by atoms with Crippen LogP contribution in [0, 0.1) is 6.92 Å². The molecule has 0 saturated carbocycles. The number of carbonyl (C=O) groups is 1. The summed E-state index contributed by atoms with van der Waals surface area (Å²) in [7, 11) is 1.63. The van der Waals surface area contributed by atoms with Crippen LogP contribution in [0.1, 0.15) is 5.56 Å². The number of benzene rings is 1. The molecule has 0 saturated heterocycles. The topological polar surface area (TPSA) is 49.8 Å². The Bertz CT molecular complexity index is 338. The van der Waals surface area contributed by atoms with Crippen molar-refractivity contribution in [1.29, 1.82) is 0 Å². The molecule has 1 amide bonds. The quantitative estimate of drug-likeness (QED) is 0.821. The zero-order chi connectivity index (χ0) is 11.3. The van der Waals surface area contributed by atoms with Crippen molar-refractivity contribution in [2.75, 3.05) is 25.2 Å². The SMILES string of the molecule is Cc1cccc(N(C)C(=O)OCCO)c1. The number of amides is 1. The normalized spacial score (nSPS) is 9.80. The average molecular weight is 209 g/mol. The van der Waals surface area contributed by atoms with Gasteiger partial charge in [-0.05, 0) is 24.6 Å². The van der Waals surface area contributed by atoms with E-state index in [9.17, 15) is 4.79 Å². The van der Waals surface area contributed by atoms with Crippen molar-refractivity contribution in [2.24, 2.45) is 0 Å². The van der Waals surface area contributed by atoms with E-state index in [0.717, 1.165) is 11.3 Å². The second-order valence-electron chi connectivity index (χ2n) is 3.24. The van der Waals surface area contributed by atoms with Gasteiger partial charge >= 0.3 is 6.09 Å². The fourth-order valence-corrected chi connectivity index (χ4v) is 1.17. The van der Waals surface area contributed by atoms with E-state index in [1.54, 1.807) is 7.05 Å². The highest BCUT2D eigenvalue weighted by molar-refractivity contribution is 5.86. The van der Waals surface area contributed by atoms with Gasteiger partial charge in [-0.3, -0.25) is 4.90 Å². The molecule has 0 aromatic heterocycles. The zero-order valence-corrected chi connectivity index (χ0v) is 8.93. The van der Waals surface area contributed by atoms with E-state index in [2.05, 4.69) is 0 Å². The maximum absolute atomic E-state index is 11.4. The van der Waals surface area contributed by atoms with Crippen molar-refractivity contribution in [3.05, 3.63) is 29.8 Å². The number of aryl methyl sites for hydroxylation is 1. The molecule has 4 nitrogen and oxygen atoms in total. The Labute approximate surface area is 89.1 Å². The lowest BCUT2D eigenvalue weighted by Gasteiger charge is -2.17. The Balaban J connectivity index is 2.67. The highest BCUT2D eigenvalue weighted by Gasteiger charge is 2.11. The molecule has 0 radical (unpaired) electrons. The first-order valence-electron chi connectivity index (χ1n) is 4.73. The second-order valence-corrected chi connectivity index (χ2v) is 3.24. The van der Waals surface area contributed by atoms with E-state index in [1.807, 2.05) is 31.2 Å². The first-order valence-corrected chi connectivity index (χ1v) is 4.73. The van der Waals surface area contributed by atoms with Crippen LogP contribution in [0.15, 0.2) is 24.3 Å². The molecule has 1 N–H and O–H groups in total. The minimum atomic E-state index is -0.463. The molecular formula is C11H15NO3. The summed E-state index contributed by atoms with van der Waals surface area (Å²) in [6, 6.07) is 7.55. The zero-order valence-electron chi connectivity index (χ0n) is 8.93. The maximum atomic E-state index is 11.4. The smallest absolute Gasteiger partial charge is 0.414 e. The molecule has 0 fully saturated rings. The van der Waals surface area contributed by atoms with Crippen LogP contribution in [-0.2, 0) is 4.74 Å². The predicted molar refractivity (Wildman–Crippen MR) is 58.0 cm³/mol. The van der Waals surface area contributed by atoms with Crippen LogP contribution in [0.4, 0.5) is 10.5 Å².